The number of hydrogen-bond acceptors (Lipinski definition) is 2. The van der Waals surface area contributed by atoms with Gasteiger partial charge in [-0.3, -0.25) is 4.79 Å². The number of nitrogens with zero attached hydrogens (tertiary/aromatic N) is 1. The number of benzene rings is 1. The lowest BCUT2D eigenvalue weighted by molar-refractivity contribution is -0.135. The standard InChI is InChI=1S/C15H22N2O/c1-3-14(13-7-5-4-6-8-13)15(18)17-10-9-16-11-12(17)2/h4-8,12,14,16H,3,9-11H2,1-2H3/t12-,14-/m1/s1. The highest BCUT2D eigenvalue weighted by Gasteiger charge is 2.28. The van der Waals surface area contributed by atoms with Crippen LogP contribution in [0.4, 0.5) is 0 Å². The molecule has 2 rings (SSSR count). The van der Waals surface area contributed by atoms with Gasteiger partial charge in [-0.05, 0) is 18.9 Å². The molecule has 18 heavy (non-hydrogen) atoms. The summed E-state index contributed by atoms with van der Waals surface area (Å²) >= 11 is 0. The van der Waals surface area contributed by atoms with Gasteiger partial charge in [0.05, 0.1) is 5.92 Å². The predicted molar refractivity (Wildman–Crippen MR) is 73.5 cm³/mol. The highest BCUT2D eigenvalue weighted by molar-refractivity contribution is 5.84. The van der Waals surface area contributed by atoms with Crippen LogP contribution in [0.25, 0.3) is 0 Å². The van der Waals surface area contributed by atoms with Gasteiger partial charge in [0.1, 0.15) is 0 Å². The average Bonchev–Trinajstić information content (AvgIpc) is 2.41. The number of rotatable bonds is 3. The topological polar surface area (TPSA) is 32.3 Å². The highest BCUT2D eigenvalue weighted by Crippen LogP contribution is 2.23. The Hall–Kier alpha value is -1.35. The molecular formula is C15H22N2O. The Labute approximate surface area is 109 Å². The molecule has 1 saturated heterocycles. The SMILES string of the molecule is CC[C@@H](C(=O)N1CCNC[C@H]1C)c1ccccc1. The van der Waals surface area contributed by atoms with Gasteiger partial charge < -0.3 is 10.2 Å². The molecule has 0 aliphatic carbocycles. The summed E-state index contributed by atoms with van der Waals surface area (Å²) < 4.78 is 0. The second-order valence-corrected chi connectivity index (χ2v) is 4.96. The molecule has 0 spiro atoms. The molecule has 1 amide bonds. The van der Waals surface area contributed by atoms with Crippen LogP contribution in [0.2, 0.25) is 0 Å². The van der Waals surface area contributed by atoms with Crippen molar-refractivity contribution >= 4 is 5.91 Å². The van der Waals surface area contributed by atoms with E-state index in [9.17, 15) is 4.79 Å². The van der Waals surface area contributed by atoms with Gasteiger partial charge in [0, 0.05) is 25.7 Å². The van der Waals surface area contributed by atoms with Crippen LogP contribution in [0.1, 0.15) is 31.7 Å². The van der Waals surface area contributed by atoms with E-state index < -0.39 is 0 Å². The van der Waals surface area contributed by atoms with E-state index in [0.29, 0.717) is 6.04 Å². The van der Waals surface area contributed by atoms with E-state index in [4.69, 9.17) is 0 Å². The smallest absolute Gasteiger partial charge is 0.230 e. The maximum atomic E-state index is 12.6. The van der Waals surface area contributed by atoms with Crippen molar-refractivity contribution in [2.45, 2.75) is 32.2 Å². The van der Waals surface area contributed by atoms with E-state index in [2.05, 4.69) is 31.3 Å². The Morgan fingerprint density at radius 2 is 2.17 bits per heavy atom. The first-order chi connectivity index (χ1) is 8.74. The normalized spacial score (nSPS) is 21.7. The van der Waals surface area contributed by atoms with Crippen LogP contribution in [0, 0.1) is 0 Å². The fourth-order valence-electron chi connectivity index (χ4n) is 2.61. The van der Waals surface area contributed by atoms with E-state index in [1.165, 1.54) is 0 Å². The van der Waals surface area contributed by atoms with Crippen LogP contribution in [0.3, 0.4) is 0 Å². The number of piperazine rings is 1. The van der Waals surface area contributed by atoms with Crippen molar-refractivity contribution in [2.75, 3.05) is 19.6 Å². The number of amides is 1. The van der Waals surface area contributed by atoms with Crippen molar-refractivity contribution in [3.8, 4) is 0 Å². The largest absolute Gasteiger partial charge is 0.337 e. The second kappa shape index (κ2) is 6.01. The number of nitrogens with one attached hydrogen (secondary N) is 1. The molecule has 0 bridgehead atoms. The lowest BCUT2D eigenvalue weighted by atomic mass is 9.94. The van der Waals surface area contributed by atoms with Gasteiger partial charge >= 0.3 is 0 Å². The van der Waals surface area contributed by atoms with E-state index in [1.54, 1.807) is 0 Å². The molecule has 1 aliphatic rings. The molecule has 98 valence electrons. The molecule has 1 aliphatic heterocycles. The summed E-state index contributed by atoms with van der Waals surface area (Å²) in [5.41, 5.74) is 1.13. The summed E-state index contributed by atoms with van der Waals surface area (Å²) in [5.74, 6) is 0.282. The molecular weight excluding hydrogens is 224 g/mol. The molecule has 0 aromatic heterocycles. The van der Waals surface area contributed by atoms with Crippen LogP contribution in [-0.4, -0.2) is 36.5 Å². The third-order valence-corrected chi connectivity index (χ3v) is 3.69. The van der Waals surface area contributed by atoms with Crippen molar-refractivity contribution in [3.05, 3.63) is 35.9 Å². The Morgan fingerprint density at radius 1 is 1.44 bits per heavy atom. The van der Waals surface area contributed by atoms with Gasteiger partial charge in [-0.2, -0.15) is 0 Å². The summed E-state index contributed by atoms with van der Waals surface area (Å²) in [4.78, 5) is 14.7. The maximum absolute atomic E-state index is 12.6. The van der Waals surface area contributed by atoms with Crippen LogP contribution in [-0.2, 0) is 4.79 Å². The molecule has 1 heterocycles. The Morgan fingerprint density at radius 3 is 2.78 bits per heavy atom. The third kappa shape index (κ3) is 2.72. The third-order valence-electron chi connectivity index (χ3n) is 3.69. The number of hydrogen-bond donors (Lipinski definition) is 1. The zero-order chi connectivity index (χ0) is 13.0. The minimum absolute atomic E-state index is 0.00625. The summed E-state index contributed by atoms with van der Waals surface area (Å²) in [6.07, 6.45) is 0.861. The van der Waals surface area contributed by atoms with Gasteiger partial charge in [0.2, 0.25) is 5.91 Å². The maximum Gasteiger partial charge on any atom is 0.230 e. The molecule has 3 heteroatoms. The molecule has 0 unspecified atom stereocenters. The summed E-state index contributed by atoms with van der Waals surface area (Å²) in [6.45, 7) is 6.83. The van der Waals surface area contributed by atoms with E-state index >= 15 is 0 Å². The molecule has 0 radical (unpaired) electrons. The van der Waals surface area contributed by atoms with Gasteiger partial charge in [-0.15, -0.1) is 0 Å². The van der Waals surface area contributed by atoms with Crippen LogP contribution in [0.15, 0.2) is 30.3 Å². The average molecular weight is 246 g/mol. The monoisotopic (exact) mass is 246 g/mol. The van der Waals surface area contributed by atoms with Gasteiger partial charge in [0.25, 0.3) is 0 Å². The van der Waals surface area contributed by atoms with E-state index in [1.807, 2.05) is 23.1 Å². The van der Waals surface area contributed by atoms with Gasteiger partial charge in [-0.1, -0.05) is 37.3 Å². The molecule has 3 nitrogen and oxygen atoms in total. The Bertz CT molecular complexity index is 391. The zero-order valence-electron chi connectivity index (χ0n) is 11.2. The molecule has 2 atom stereocenters. The van der Waals surface area contributed by atoms with Gasteiger partial charge in [-0.25, -0.2) is 0 Å². The first-order valence-corrected chi connectivity index (χ1v) is 6.80. The zero-order valence-corrected chi connectivity index (χ0v) is 11.2. The van der Waals surface area contributed by atoms with Crippen molar-refractivity contribution in [1.29, 1.82) is 0 Å². The van der Waals surface area contributed by atoms with E-state index in [-0.39, 0.29) is 11.8 Å². The van der Waals surface area contributed by atoms with Gasteiger partial charge in [0.15, 0.2) is 0 Å². The fourth-order valence-corrected chi connectivity index (χ4v) is 2.61. The molecule has 1 fully saturated rings. The fraction of sp³-hybridized carbons (Fsp3) is 0.533. The van der Waals surface area contributed by atoms with Crippen LogP contribution >= 0.6 is 0 Å². The van der Waals surface area contributed by atoms with Crippen LogP contribution < -0.4 is 5.32 Å². The lowest BCUT2D eigenvalue weighted by Gasteiger charge is -2.36. The Kier molecular flexibility index (Phi) is 4.37. The summed E-state index contributed by atoms with van der Waals surface area (Å²) in [5, 5.41) is 3.32. The van der Waals surface area contributed by atoms with Crippen molar-refractivity contribution in [3.63, 3.8) is 0 Å². The minimum Gasteiger partial charge on any atom is -0.337 e. The first kappa shape index (κ1) is 13.1. The second-order valence-electron chi connectivity index (χ2n) is 4.96. The molecule has 1 N–H and O–H groups in total. The number of carbonyl (C=O) groups excluding carboxylic acids is 1. The lowest BCUT2D eigenvalue weighted by Crippen LogP contribution is -2.53. The number of carbonyl (C=O) groups is 1. The summed E-state index contributed by atoms with van der Waals surface area (Å²) in [7, 11) is 0. The Balaban J connectivity index is 2.15. The molecule has 1 aromatic rings. The van der Waals surface area contributed by atoms with Crippen molar-refractivity contribution in [2.24, 2.45) is 0 Å². The highest BCUT2D eigenvalue weighted by atomic mass is 16.2. The molecule has 1 aromatic carbocycles. The van der Waals surface area contributed by atoms with E-state index in [0.717, 1.165) is 31.6 Å². The first-order valence-electron chi connectivity index (χ1n) is 6.80. The van der Waals surface area contributed by atoms with Crippen molar-refractivity contribution < 1.29 is 4.79 Å². The molecule has 0 saturated carbocycles. The minimum atomic E-state index is 0.00625. The quantitative estimate of drug-likeness (QED) is 0.884. The van der Waals surface area contributed by atoms with Crippen LogP contribution in [0.5, 0.6) is 0 Å². The van der Waals surface area contributed by atoms with Crippen molar-refractivity contribution in [1.82, 2.24) is 10.2 Å². The summed E-state index contributed by atoms with van der Waals surface area (Å²) in [6, 6.07) is 10.4. The predicted octanol–water partition coefficient (Wildman–Crippen LogP) is 2.00.